The molecule has 0 bridgehead atoms. The van der Waals surface area contributed by atoms with Crippen LogP contribution in [0.15, 0.2) is 60.7 Å². The highest BCUT2D eigenvalue weighted by Gasteiger charge is 2.59. The van der Waals surface area contributed by atoms with E-state index in [2.05, 4.69) is 44.0 Å². The molecule has 37 heavy (non-hydrogen) atoms. The minimum atomic E-state index is -0.413. The quantitative estimate of drug-likeness (QED) is 0.423. The van der Waals surface area contributed by atoms with Crippen LogP contribution in [0.1, 0.15) is 74.4 Å². The third-order valence-electron chi connectivity index (χ3n) is 9.15. The van der Waals surface area contributed by atoms with Crippen LogP contribution >= 0.6 is 0 Å². The van der Waals surface area contributed by atoms with Crippen molar-refractivity contribution in [1.29, 1.82) is 0 Å². The number of H-pyrrole nitrogens is 1. The SMILES string of the molecule is COc1ccc(Cc2cc3c([nH]2)[C@@H]2CCC(C(C)(C)C)C[C@@H]2[C@@H]2C(=O)N(c4ccccc4)C(=O)[C@H]32)cc1. The van der Waals surface area contributed by atoms with Gasteiger partial charge in [0.2, 0.25) is 11.8 Å². The minimum absolute atomic E-state index is 0.0192. The van der Waals surface area contributed by atoms with E-state index in [1.807, 2.05) is 42.5 Å². The Labute approximate surface area is 219 Å². The number of aromatic amines is 1. The van der Waals surface area contributed by atoms with Crippen molar-refractivity contribution < 1.29 is 14.3 Å². The van der Waals surface area contributed by atoms with Gasteiger partial charge in [0.15, 0.2) is 0 Å². The van der Waals surface area contributed by atoms with Crippen LogP contribution in [0.4, 0.5) is 5.69 Å². The molecule has 1 saturated heterocycles. The van der Waals surface area contributed by atoms with E-state index in [4.69, 9.17) is 4.74 Å². The molecule has 192 valence electrons. The Bertz CT molecular complexity index is 1320. The second-order valence-corrected chi connectivity index (χ2v) is 12.2. The Morgan fingerprint density at radius 3 is 2.38 bits per heavy atom. The average molecular weight is 497 g/mol. The number of hydrogen-bond acceptors (Lipinski definition) is 3. The van der Waals surface area contributed by atoms with Crippen molar-refractivity contribution in [3.05, 3.63) is 83.2 Å². The number of anilines is 1. The number of nitrogens with zero attached hydrogens (tertiary/aromatic N) is 1. The highest BCUT2D eigenvalue weighted by atomic mass is 16.5. The standard InChI is InChI=1S/C32H36N2O3/c1-32(2,3)20-12-15-24-25(17-20)27-28(31(36)34(30(27)35)22-8-6-5-7-9-22)26-18-21(33-29(24)26)16-19-10-13-23(37-4)14-11-19/h5-11,13-14,18,20,24-25,27-28,33H,12,15-17H2,1-4H3/t20?,24-,25+,27+,28-/m1/s1. The van der Waals surface area contributed by atoms with E-state index >= 15 is 0 Å². The number of aromatic nitrogens is 1. The highest BCUT2D eigenvalue weighted by molar-refractivity contribution is 6.24. The number of ether oxygens (including phenoxy) is 1. The van der Waals surface area contributed by atoms with Crippen molar-refractivity contribution >= 4 is 17.5 Å². The van der Waals surface area contributed by atoms with Gasteiger partial charge in [0.25, 0.3) is 0 Å². The van der Waals surface area contributed by atoms with Gasteiger partial charge >= 0.3 is 0 Å². The van der Waals surface area contributed by atoms with Crippen molar-refractivity contribution in [3.8, 4) is 5.75 Å². The number of rotatable bonds is 4. The average Bonchev–Trinajstić information content (AvgIpc) is 3.42. The van der Waals surface area contributed by atoms with Crippen molar-refractivity contribution in [2.75, 3.05) is 12.0 Å². The van der Waals surface area contributed by atoms with Crippen LogP contribution in [-0.2, 0) is 16.0 Å². The van der Waals surface area contributed by atoms with Crippen LogP contribution in [0, 0.1) is 23.2 Å². The van der Waals surface area contributed by atoms with Crippen LogP contribution in [0.2, 0.25) is 0 Å². The molecule has 1 saturated carbocycles. The number of carbonyl (C=O) groups excluding carboxylic acids is 2. The van der Waals surface area contributed by atoms with E-state index in [1.165, 1.54) is 16.2 Å². The molecule has 2 heterocycles. The van der Waals surface area contributed by atoms with Gasteiger partial charge < -0.3 is 9.72 Å². The molecule has 1 aromatic heterocycles. The molecular weight excluding hydrogens is 460 g/mol. The lowest BCUT2D eigenvalue weighted by Crippen LogP contribution is -2.41. The predicted octanol–water partition coefficient (Wildman–Crippen LogP) is 6.45. The van der Waals surface area contributed by atoms with E-state index in [-0.39, 0.29) is 35.0 Å². The predicted molar refractivity (Wildman–Crippen MR) is 145 cm³/mol. The maximum atomic E-state index is 14.0. The summed E-state index contributed by atoms with van der Waals surface area (Å²) in [4.78, 5) is 33.2. The van der Waals surface area contributed by atoms with Gasteiger partial charge in [0.05, 0.1) is 24.6 Å². The fourth-order valence-electron chi connectivity index (χ4n) is 7.20. The summed E-state index contributed by atoms with van der Waals surface area (Å²) in [6.07, 6.45) is 3.95. The van der Waals surface area contributed by atoms with Gasteiger partial charge in [-0.05, 0) is 78.0 Å². The summed E-state index contributed by atoms with van der Waals surface area (Å²) in [5.41, 5.74) is 5.39. The fourth-order valence-corrected chi connectivity index (χ4v) is 7.20. The Morgan fingerprint density at radius 1 is 0.973 bits per heavy atom. The molecule has 1 unspecified atom stereocenters. The first-order valence-corrected chi connectivity index (χ1v) is 13.5. The number of benzene rings is 2. The van der Waals surface area contributed by atoms with E-state index in [9.17, 15) is 9.59 Å². The molecule has 1 aliphatic heterocycles. The molecule has 0 spiro atoms. The lowest BCUT2D eigenvalue weighted by atomic mass is 9.57. The number of fused-ring (bicyclic) bond motifs is 6. The van der Waals surface area contributed by atoms with Crippen molar-refractivity contribution in [1.82, 2.24) is 4.98 Å². The Balaban J connectivity index is 1.41. The lowest BCUT2D eigenvalue weighted by molar-refractivity contribution is -0.123. The Kier molecular flexibility index (Phi) is 5.78. The number of para-hydroxylation sites is 1. The number of carbonyl (C=O) groups is 2. The molecule has 5 heteroatoms. The van der Waals surface area contributed by atoms with Gasteiger partial charge in [-0.25, -0.2) is 4.90 Å². The molecule has 2 amide bonds. The summed E-state index contributed by atoms with van der Waals surface area (Å²) in [6.45, 7) is 6.93. The molecule has 6 rings (SSSR count). The maximum absolute atomic E-state index is 14.0. The molecule has 5 nitrogen and oxygen atoms in total. The van der Waals surface area contributed by atoms with Gasteiger partial charge in [-0.2, -0.15) is 0 Å². The molecule has 2 aliphatic carbocycles. The molecule has 2 aromatic carbocycles. The van der Waals surface area contributed by atoms with Crippen LogP contribution in [0.25, 0.3) is 0 Å². The third kappa shape index (κ3) is 4.00. The topological polar surface area (TPSA) is 62.4 Å². The van der Waals surface area contributed by atoms with Crippen LogP contribution < -0.4 is 9.64 Å². The Morgan fingerprint density at radius 2 is 1.70 bits per heavy atom. The van der Waals surface area contributed by atoms with Crippen LogP contribution in [-0.4, -0.2) is 23.9 Å². The molecule has 0 radical (unpaired) electrons. The third-order valence-corrected chi connectivity index (χ3v) is 9.15. The molecule has 1 N–H and O–H groups in total. The first-order valence-electron chi connectivity index (χ1n) is 13.5. The largest absolute Gasteiger partial charge is 0.497 e. The normalized spacial score (nSPS) is 27.0. The van der Waals surface area contributed by atoms with Gasteiger partial charge in [0.1, 0.15) is 5.75 Å². The first kappa shape index (κ1) is 24.0. The molecule has 3 aromatic rings. The van der Waals surface area contributed by atoms with Gasteiger partial charge in [-0.1, -0.05) is 51.1 Å². The zero-order valence-corrected chi connectivity index (χ0v) is 22.2. The summed E-state index contributed by atoms with van der Waals surface area (Å²) in [5, 5.41) is 0. The number of nitrogens with one attached hydrogen (secondary N) is 1. The van der Waals surface area contributed by atoms with Crippen LogP contribution in [0.3, 0.4) is 0 Å². The number of imide groups is 1. The molecule has 5 atom stereocenters. The van der Waals surface area contributed by atoms with Crippen LogP contribution in [0.5, 0.6) is 5.75 Å². The summed E-state index contributed by atoms with van der Waals surface area (Å²) < 4.78 is 5.31. The summed E-state index contributed by atoms with van der Waals surface area (Å²) >= 11 is 0. The summed E-state index contributed by atoms with van der Waals surface area (Å²) in [7, 11) is 1.67. The smallest absolute Gasteiger partial charge is 0.242 e. The minimum Gasteiger partial charge on any atom is -0.497 e. The lowest BCUT2D eigenvalue weighted by Gasteiger charge is -2.46. The van der Waals surface area contributed by atoms with Gasteiger partial charge in [-0.15, -0.1) is 0 Å². The first-order chi connectivity index (χ1) is 17.8. The zero-order chi connectivity index (χ0) is 25.9. The number of hydrogen-bond donors (Lipinski definition) is 1. The summed E-state index contributed by atoms with van der Waals surface area (Å²) in [6, 6.07) is 19.7. The number of methoxy groups -OCH3 is 1. The highest BCUT2D eigenvalue weighted by Crippen LogP contribution is 2.58. The molecule has 2 fully saturated rings. The van der Waals surface area contributed by atoms with Gasteiger partial charge in [0, 0.05) is 23.7 Å². The number of amides is 2. The fraction of sp³-hybridized carbons (Fsp3) is 0.438. The Hall–Kier alpha value is -3.34. The van der Waals surface area contributed by atoms with Gasteiger partial charge in [-0.3, -0.25) is 9.59 Å². The molecular formula is C32H36N2O3. The van der Waals surface area contributed by atoms with Crippen molar-refractivity contribution in [2.24, 2.45) is 23.2 Å². The van der Waals surface area contributed by atoms with E-state index < -0.39 is 5.92 Å². The molecule has 3 aliphatic rings. The maximum Gasteiger partial charge on any atom is 0.242 e. The zero-order valence-electron chi connectivity index (χ0n) is 22.2. The summed E-state index contributed by atoms with van der Waals surface area (Å²) in [5.74, 6) is 1.04. The van der Waals surface area contributed by atoms with E-state index in [0.717, 1.165) is 42.7 Å². The second kappa shape index (κ2) is 8.90. The monoisotopic (exact) mass is 496 g/mol. The van der Waals surface area contributed by atoms with E-state index in [0.29, 0.717) is 11.6 Å². The second-order valence-electron chi connectivity index (χ2n) is 12.2. The van der Waals surface area contributed by atoms with Crippen molar-refractivity contribution in [3.63, 3.8) is 0 Å². The van der Waals surface area contributed by atoms with Crippen molar-refractivity contribution in [2.45, 2.75) is 58.3 Å². The van der Waals surface area contributed by atoms with E-state index in [1.54, 1.807) is 7.11 Å².